The molecule has 8 heteroatoms. The van der Waals surface area contributed by atoms with Crippen molar-refractivity contribution in [3.63, 3.8) is 0 Å². The van der Waals surface area contributed by atoms with Gasteiger partial charge in [-0.25, -0.2) is 14.5 Å². The minimum absolute atomic E-state index is 0.221. The van der Waals surface area contributed by atoms with E-state index in [1.807, 2.05) is 13.0 Å². The van der Waals surface area contributed by atoms with Crippen LogP contribution in [-0.2, 0) is 16.1 Å². The number of amides is 4. The first-order valence-electron chi connectivity index (χ1n) is 8.76. The van der Waals surface area contributed by atoms with Crippen molar-refractivity contribution in [2.24, 2.45) is 0 Å². The fraction of sp³-hybridized carbons (Fsp3) is 0.143. The summed E-state index contributed by atoms with van der Waals surface area (Å²) in [6.45, 7) is 1.63. The van der Waals surface area contributed by atoms with Gasteiger partial charge in [-0.1, -0.05) is 12.1 Å². The molecule has 1 aromatic heterocycles. The molecule has 0 bridgehead atoms. The lowest BCUT2D eigenvalue weighted by molar-refractivity contribution is -0.139. The van der Waals surface area contributed by atoms with Crippen LogP contribution in [0.4, 0.5) is 10.5 Å². The van der Waals surface area contributed by atoms with Gasteiger partial charge in [0.2, 0.25) is 0 Å². The van der Waals surface area contributed by atoms with E-state index in [4.69, 9.17) is 9.15 Å². The van der Waals surface area contributed by atoms with Crippen LogP contribution in [0.5, 0.6) is 5.75 Å². The number of aryl methyl sites for hydroxylation is 1. The van der Waals surface area contributed by atoms with Crippen molar-refractivity contribution in [1.82, 2.24) is 4.90 Å². The third-order valence-corrected chi connectivity index (χ3v) is 4.70. The fourth-order valence-corrected chi connectivity index (χ4v) is 3.24. The van der Waals surface area contributed by atoms with Crippen molar-refractivity contribution in [2.75, 3.05) is 12.0 Å². The number of carbonyl (C=O) groups excluding carboxylic acids is 3. The Hall–Kier alpha value is -3.94. The molecular formula is C21H16N2O6. The second-order valence-electron chi connectivity index (χ2n) is 6.60. The molecule has 146 valence electrons. The average Bonchev–Trinajstić information content (AvgIpc) is 2.91. The maximum atomic E-state index is 12.8. The van der Waals surface area contributed by atoms with Crippen LogP contribution in [0.15, 0.2) is 57.7 Å². The van der Waals surface area contributed by atoms with Gasteiger partial charge in [0.25, 0.3) is 0 Å². The van der Waals surface area contributed by atoms with Gasteiger partial charge in [0, 0.05) is 11.5 Å². The molecule has 2 aromatic carbocycles. The SMILES string of the molecule is COc1ccc(N2C(=O)C(=O)N(Cc3cc(=O)oc4cc(C)ccc34)C2=O)cc1. The van der Waals surface area contributed by atoms with Crippen molar-refractivity contribution in [3.05, 3.63) is 70.1 Å². The van der Waals surface area contributed by atoms with E-state index in [-0.39, 0.29) is 12.2 Å². The molecule has 0 spiro atoms. The van der Waals surface area contributed by atoms with Gasteiger partial charge in [0.1, 0.15) is 11.3 Å². The summed E-state index contributed by atoms with van der Waals surface area (Å²) in [5, 5.41) is 0.589. The van der Waals surface area contributed by atoms with Crippen molar-refractivity contribution in [2.45, 2.75) is 13.5 Å². The second-order valence-corrected chi connectivity index (χ2v) is 6.60. The number of benzene rings is 2. The predicted octanol–water partition coefficient (Wildman–Crippen LogP) is 2.61. The van der Waals surface area contributed by atoms with Gasteiger partial charge in [-0.05, 0) is 48.4 Å². The van der Waals surface area contributed by atoms with E-state index < -0.39 is 23.5 Å². The third kappa shape index (κ3) is 3.14. The topological polar surface area (TPSA) is 97.1 Å². The lowest BCUT2D eigenvalue weighted by Gasteiger charge is -2.16. The lowest BCUT2D eigenvalue weighted by Crippen LogP contribution is -2.33. The zero-order valence-electron chi connectivity index (χ0n) is 15.7. The summed E-state index contributed by atoms with van der Waals surface area (Å²) in [4.78, 5) is 51.3. The van der Waals surface area contributed by atoms with Crippen LogP contribution in [0.25, 0.3) is 11.0 Å². The Morgan fingerprint density at radius 3 is 2.34 bits per heavy atom. The summed E-state index contributed by atoms with van der Waals surface area (Å²) in [6, 6.07) is 11.9. The summed E-state index contributed by atoms with van der Waals surface area (Å²) in [5.41, 5.74) is 1.32. The average molecular weight is 392 g/mol. The monoisotopic (exact) mass is 392 g/mol. The Balaban J connectivity index is 1.70. The molecule has 0 radical (unpaired) electrons. The van der Waals surface area contributed by atoms with Crippen molar-refractivity contribution < 1.29 is 23.5 Å². The van der Waals surface area contributed by atoms with Gasteiger partial charge in [-0.3, -0.25) is 14.5 Å². The van der Waals surface area contributed by atoms with Gasteiger partial charge in [0.05, 0.1) is 19.3 Å². The first-order valence-corrected chi connectivity index (χ1v) is 8.76. The molecular weight excluding hydrogens is 376 g/mol. The molecule has 0 aliphatic carbocycles. The number of methoxy groups -OCH3 is 1. The molecule has 0 saturated carbocycles. The molecule has 4 rings (SSSR count). The summed E-state index contributed by atoms with van der Waals surface area (Å²) < 4.78 is 10.3. The number of carbonyl (C=O) groups is 3. The number of anilines is 1. The molecule has 3 aromatic rings. The quantitative estimate of drug-likeness (QED) is 0.385. The Morgan fingerprint density at radius 2 is 1.66 bits per heavy atom. The van der Waals surface area contributed by atoms with Crippen LogP contribution in [-0.4, -0.2) is 29.9 Å². The Labute approximate surface area is 164 Å². The van der Waals surface area contributed by atoms with E-state index >= 15 is 0 Å². The number of urea groups is 1. The first-order chi connectivity index (χ1) is 13.9. The summed E-state index contributed by atoms with van der Waals surface area (Å²) >= 11 is 0. The van der Waals surface area contributed by atoms with Crippen molar-refractivity contribution >= 4 is 34.5 Å². The van der Waals surface area contributed by atoms with Crippen molar-refractivity contribution in [3.8, 4) is 5.75 Å². The molecule has 29 heavy (non-hydrogen) atoms. The second kappa shape index (κ2) is 6.90. The van der Waals surface area contributed by atoms with Crippen LogP contribution in [0.3, 0.4) is 0 Å². The van der Waals surface area contributed by atoms with E-state index in [0.29, 0.717) is 22.3 Å². The number of rotatable bonds is 4. The molecule has 1 saturated heterocycles. The molecule has 2 heterocycles. The molecule has 1 aliphatic rings. The highest BCUT2D eigenvalue weighted by molar-refractivity contribution is 6.52. The standard InChI is InChI=1S/C21H16N2O6/c1-12-3-8-16-13(10-18(24)29-17(16)9-12)11-22-19(25)20(26)23(21(22)27)14-4-6-15(28-2)7-5-14/h3-10H,11H2,1-2H3. The highest BCUT2D eigenvalue weighted by Gasteiger charge is 2.45. The zero-order valence-corrected chi connectivity index (χ0v) is 15.7. The molecule has 0 unspecified atom stereocenters. The maximum Gasteiger partial charge on any atom is 0.339 e. The Kier molecular flexibility index (Phi) is 4.38. The highest BCUT2D eigenvalue weighted by atomic mass is 16.5. The highest BCUT2D eigenvalue weighted by Crippen LogP contribution is 2.27. The Bertz CT molecular complexity index is 1210. The molecule has 4 amide bonds. The molecule has 8 nitrogen and oxygen atoms in total. The summed E-state index contributed by atoms with van der Waals surface area (Å²) in [5.74, 6) is -1.36. The van der Waals surface area contributed by atoms with Gasteiger partial charge < -0.3 is 9.15 Å². The smallest absolute Gasteiger partial charge is 0.339 e. The lowest BCUT2D eigenvalue weighted by atomic mass is 10.1. The molecule has 0 N–H and O–H groups in total. The fourth-order valence-electron chi connectivity index (χ4n) is 3.24. The van der Waals surface area contributed by atoms with Gasteiger partial charge in [-0.2, -0.15) is 0 Å². The van der Waals surface area contributed by atoms with E-state index in [2.05, 4.69) is 0 Å². The normalized spacial score (nSPS) is 14.2. The third-order valence-electron chi connectivity index (χ3n) is 4.70. The summed E-state index contributed by atoms with van der Waals surface area (Å²) in [6.07, 6.45) is 0. The van der Waals surface area contributed by atoms with E-state index in [1.54, 1.807) is 24.3 Å². The number of hydrogen-bond donors (Lipinski definition) is 0. The number of imide groups is 2. The van der Waals surface area contributed by atoms with Crippen LogP contribution in [0.1, 0.15) is 11.1 Å². The number of nitrogens with zero attached hydrogens (tertiary/aromatic N) is 2. The predicted molar refractivity (Wildman–Crippen MR) is 104 cm³/mol. The van der Waals surface area contributed by atoms with Gasteiger partial charge in [-0.15, -0.1) is 0 Å². The number of fused-ring (bicyclic) bond motifs is 1. The van der Waals surface area contributed by atoms with E-state index in [0.717, 1.165) is 15.4 Å². The Morgan fingerprint density at radius 1 is 0.931 bits per heavy atom. The minimum Gasteiger partial charge on any atom is -0.497 e. The zero-order chi connectivity index (χ0) is 20.7. The summed E-state index contributed by atoms with van der Waals surface area (Å²) in [7, 11) is 1.49. The van der Waals surface area contributed by atoms with Gasteiger partial charge in [0.15, 0.2) is 0 Å². The van der Waals surface area contributed by atoms with Gasteiger partial charge >= 0.3 is 23.5 Å². The van der Waals surface area contributed by atoms with Crippen LogP contribution in [0.2, 0.25) is 0 Å². The molecule has 1 aliphatic heterocycles. The number of ether oxygens (including phenoxy) is 1. The largest absolute Gasteiger partial charge is 0.497 e. The first kappa shape index (κ1) is 18.4. The van der Waals surface area contributed by atoms with Crippen molar-refractivity contribution in [1.29, 1.82) is 0 Å². The maximum absolute atomic E-state index is 12.8. The van der Waals surface area contributed by atoms with Crippen LogP contribution < -0.4 is 15.3 Å². The van der Waals surface area contributed by atoms with E-state index in [9.17, 15) is 19.2 Å². The number of hydrogen-bond acceptors (Lipinski definition) is 6. The van der Waals surface area contributed by atoms with Crippen LogP contribution >= 0.6 is 0 Å². The van der Waals surface area contributed by atoms with E-state index in [1.165, 1.54) is 25.3 Å². The minimum atomic E-state index is -0.959. The molecule has 1 fully saturated rings. The molecule has 0 atom stereocenters. The van der Waals surface area contributed by atoms with Crippen LogP contribution in [0, 0.1) is 6.92 Å².